The number of pyridine rings is 1. The van der Waals surface area contributed by atoms with Gasteiger partial charge in [0, 0.05) is 19.0 Å². The summed E-state index contributed by atoms with van der Waals surface area (Å²) in [6.45, 7) is 1.25. The monoisotopic (exact) mass is 431 g/mol. The van der Waals surface area contributed by atoms with E-state index in [1.54, 1.807) is 25.1 Å². The molecule has 0 saturated heterocycles. The molecule has 1 N–H and O–H groups in total. The molecule has 0 aliphatic heterocycles. The average molecular weight is 432 g/mol. The van der Waals surface area contributed by atoms with Gasteiger partial charge in [-0.05, 0) is 37.3 Å². The number of hydrogen-bond acceptors (Lipinski definition) is 6. The Morgan fingerprint density at radius 1 is 1.19 bits per heavy atom. The number of amides is 1. The lowest BCUT2D eigenvalue weighted by molar-refractivity contribution is -0.116. The number of nitrogens with zero attached hydrogens (tertiary/aromatic N) is 2. The number of benzene rings is 1. The lowest BCUT2D eigenvalue weighted by atomic mass is 10.4. The fourth-order valence-corrected chi connectivity index (χ4v) is 4.51. The van der Waals surface area contributed by atoms with E-state index in [9.17, 15) is 21.6 Å². The molecule has 0 atom stereocenters. The quantitative estimate of drug-likeness (QED) is 0.744. The first kappa shape index (κ1) is 21.3. The zero-order valence-electron chi connectivity index (χ0n) is 14.8. The third-order valence-electron chi connectivity index (χ3n) is 3.54. The second kappa shape index (κ2) is 7.93. The Morgan fingerprint density at radius 3 is 2.44 bits per heavy atom. The summed E-state index contributed by atoms with van der Waals surface area (Å²) in [4.78, 5) is 15.7. The molecule has 0 aliphatic rings. The third kappa shape index (κ3) is 5.25. The molecule has 1 aromatic carbocycles. The first-order valence-electron chi connectivity index (χ1n) is 7.61. The van der Waals surface area contributed by atoms with E-state index in [-0.39, 0.29) is 9.92 Å². The van der Waals surface area contributed by atoms with Crippen molar-refractivity contribution < 1.29 is 21.6 Å². The second-order valence-electron chi connectivity index (χ2n) is 5.84. The number of sulfone groups is 1. The molecule has 2 aromatic rings. The number of carbonyl (C=O) groups is 1. The van der Waals surface area contributed by atoms with E-state index in [4.69, 9.17) is 11.6 Å². The summed E-state index contributed by atoms with van der Waals surface area (Å²) in [5.41, 5.74) is 0.693. The Balaban J connectivity index is 2.24. The van der Waals surface area contributed by atoms with Gasteiger partial charge in [-0.1, -0.05) is 17.7 Å². The maximum absolute atomic E-state index is 12.7. The maximum Gasteiger partial charge on any atom is 0.244 e. The molecular formula is C16H18ClN3O5S2. The van der Waals surface area contributed by atoms with Crippen LogP contribution in [0.1, 0.15) is 5.69 Å². The summed E-state index contributed by atoms with van der Waals surface area (Å²) in [5.74, 6) is -0.308. The van der Waals surface area contributed by atoms with Gasteiger partial charge >= 0.3 is 0 Å². The molecule has 27 heavy (non-hydrogen) atoms. The van der Waals surface area contributed by atoms with Crippen LogP contribution < -0.4 is 5.32 Å². The molecule has 8 nitrogen and oxygen atoms in total. The predicted octanol–water partition coefficient (Wildman–Crippen LogP) is 1.71. The molecule has 1 amide bonds. The van der Waals surface area contributed by atoms with Crippen LogP contribution in [-0.2, 0) is 24.7 Å². The van der Waals surface area contributed by atoms with Gasteiger partial charge in [0.15, 0.2) is 9.84 Å². The molecule has 0 bridgehead atoms. The first-order chi connectivity index (χ1) is 12.4. The van der Waals surface area contributed by atoms with E-state index < -0.39 is 37.2 Å². The maximum atomic E-state index is 12.7. The number of anilines is 1. The van der Waals surface area contributed by atoms with E-state index in [0.717, 1.165) is 16.6 Å². The molecule has 0 saturated carbocycles. The van der Waals surface area contributed by atoms with Crippen LogP contribution in [0.5, 0.6) is 0 Å². The van der Waals surface area contributed by atoms with E-state index in [1.807, 2.05) is 0 Å². The van der Waals surface area contributed by atoms with Crippen LogP contribution in [0.3, 0.4) is 0 Å². The summed E-state index contributed by atoms with van der Waals surface area (Å²) in [7, 11) is -6.62. The minimum absolute atomic E-state index is 0.144. The molecule has 0 unspecified atom stereocenters. The topological polar surface area (TPSA) is 114 Å². The number of aryl methyl sites for hydroxylation is 1. The molecule has 1 heterocycles. The Hall–Kier alpha value is -2.01. The third-order valence-corrected chi connectivity index (χ3v) is 6.94. The van der Waals surface area contributed by atoms with Crippen LogP contribution in [-0.4, -0.2) is 51.9 Å². The zero-order chi connectivity index (χ0) is 20.4. The van der Waals surface area contributed by atoms with Crippen LogP contribution >= 0.6 is 11.6 Å². The fourth-order valence-electron chi connectivity index (χ4n) is 2.16. The minimum atomic E-state index is -4.19. The molecule has 0 spiro atoms. The number of aromatic nitrogens is 1. The van der Waals surface area contributed by atoms with Crippen molar-refractivity contribution in [3.8, 4) is 0 Å². The molecule has 146 valence electrons. The SMILES string of the molecule is Cc1cccc(NC(=O)CN(C)S(=O)(=O)c2cc(S(C)(=O)=O)ccc2Cl)n1. The second-order valence-corrected chi connectivity index (χ2v) is 10.3. The minimum Gasteiger partial charge on any atom is -0.310 e. The van der Waals surface area contributed by atoms with Crippen molar-refractivity contribution in [3.63, 3.8) is 0 Å². The first-order valence-corrected chi connectivity index (χ1v) is 11.3. The molecule has 0 fully saturated rings. The van der Waals surface area contributed by atoms with Gasteiger partial charge in [-0.2, -0.15) is 4.31 Å². The van der Waals surface area contributed by atoms with Crippen molar-refractivity contribution in [2.24, 2.45) is 0 Å². The zero-order valence-corrected chi connectivity index (χ0v) is 17.2. The van der Waals surface area contributed by atoms with E-state index in [1.165, 1.54) is 19.2 Å². The van der Waals surface area contributed by atoms with Gasteiger partial charge < -0.3 is 5.32 Å². The highest BCUT2D eigenvalue weighted by Crippen LogP contribution is 2.27. The van der Waals surface area contributed by atoms with Crippen molar-refractivity contribution in [1.82, 2.24) is 9.29 Å². The van der Waals surface area contributed by atoms with Gasteiger partial charge in [0.25, 0.3) is 0 Å². The van der Waals surface area contributed by atoms with E-state index in [2.05, 4.69) is 10.3 Å². The van der Waals surface area contributed by atoms with Crippen LogP contribution in [0.2, 0.25) is 5.02 Å². The Labute approximate surface area is 163 Å². The number of nitrogens with one attached hydrogen (secondary N) is 1. The summed E-state index contributed by atoms with van der Waals surface area (Å²) < 4.78 is 49.6. The largest absolute Gasteiger partial charge is 0.310 e. The summed E-state index contributed by atoms with van der Waals surface area (Å²) in [5, 5.41) is 2.36. The van der Waals surface area contributed by atoms with E-state index in [0.29, 0.717) is 11.5 Å². The van der Waals surface area contributed by atoms with Gasteiger partial charge in [-0.3, -0.25) is 4.79 Å². The van der Waals surface area contributed by atoms with Crippen LogP contribution in [0.4, 0.5) is 5.82 Å². The summed E-state index contributed by atoms with van der Waals surface area (Å²) in [6, 6.07) is 8.41. The highest BCUT2D eigenvalue weighted by atomic mass is 35.5. The van der Waals surface area contributed by atoms with Gasteiger partial charge in [0.2, 0.25) is 15.9 Å². The molecule has 0 aliphatic carbocycles. The van der Waals surface area contributed by atoms with E-state index >= 15 is 0 Å². The highest BCUT2D eigenvalue weighted by molar-refractivity contribution is 7.91. The van der Waals surface area contributed by atoms with Crippen molar-refractivity contribution in [1.29, 1.82) is 0 Å². The average Bonchev–Trinajstić information content (AvgIpc) is 2.53. The van der Waals surface area contributed by atoms with Gasteiger partial charge in [0.05, 0.1) is 16.5 Å². The number of sulfonamides is 1. The van der Waals surface area contributed by atoms with Gasteiger partial charge in [-0.25, -0.2) is 21.8 Å². The lowest BCUT2D eigenvalue weighted by Gasteiger charge is -2.18. The number of carbonyl (C=O) groups excluding carboxylic acids is 1. The Morgan fingerprint density at radius 2 is 1.85 bits per heavy atom. The van der Waals surface area contributed by atoms with Crippen LogP contribution in [0, 0.1) is 6.92 Å². The van der Waals surface area contributed by atoms with Crippen molar-refractivity contribution in [3.05, 3.63) is 47.1 Å². The molecule has 0 radical (unpaired) electrons. The standard InChI is InChI=1S/C16H18ClN3O5S2/c1-11-5-4-6-15(18-11)19-16(21)10-20(2)27(24,25)14-9-12(26(3,22)23)7-8-13(14)17/h4-9H,10H2,1-3H3,(H,18,19,21). The number of likely N-dealkylation sites (N-methyl/N-ethyl adjacent to an activating group) is 1. The number of rotatable bonds is 6. The van der Waals surface area contributed by atoms with Crippen molar-refractivity contribution in [2.45, 2.75) is 16.7 Å². The van der Waals surface area contributed by atoms with Crippen LogP contribution in [0.15, 0.2) is 46.2 Å². The van der Waals surface area contributed by atoms with Crippen LogP contribution in [0.25, 0.3) is 0 Å². The lowest BCUT2D eigenvalue weighted by Crippen LogP contribution is -2.35. The highest BCUT2D eigenvalue weighted by Gasteiger charge is 2.27. The molecule has 11 heteroatoms. The predicted molar refractivity (Wildman–Crippen MR) is 102 cm³/mol. The van der Waals surface area contributed by atoms with Crippen molar-refractivity contribution in [2.75, 3.05) is 25.2 Å². The summed E-state index contributed by atoms with van der Waals surface area (Å²) in [6.07, 6.45) is 0.957. The summed E-state index contributed by atoms with van der Waals surface area (Å²) >= 11 is 5.95. The Kier molecular flexibility index (Phi) is 6.25. The fraction of sp³-hybridized carbons (Fsp3) is 0.250. The normalized spacial score (nSPS) is 12.2. The Bertz CT molecular complexity index is 1080. The van der Waals surface area contributed by atoms with Crippen molar-refractivity contribution >= 4 is 43.2 Å². The molecular weight excluding hydrogens is 414 g/mol. The molecule has 2 rings (SSSR count). The molecule has 1 aromatic heterocycles. The number of hydrogen-bond donors (Lipinski definition) is 1. The van der Waals surface area contributed by atoms with Gasteiger partial charge in [-0.15, -0.1) is 0 Å². The number of halogens is 1. The smallest absolute Gasteiger partial charge is 0.244 e. The van der Waals surface area contributed by atoms with Gasteiger partial charge in [0.1, 0.15) is 10.7 Å².